The van der Waals surface area contributed by atoms with Gasteiger partial charge in [-0.15, -0.1) is 11.3 Å². The van der Waals surface area contributed by atoms with E-state index < -0.39 is 0 Å². The Balaban J connectivity index is 0.000000287. The standard InChI is InChI=1S/C19H15N3O2S.C8H18N2/c1-12(8-20)9-21-19-15-7-14(16-11-25-18(10-23)22-16)4-3-13(15)5-6-17(19)24-2;1-10(2)8-5-3-7(9)4-6-8/h3-7,10-11,21H,1,9H2,2H3;7-8H,3-6,9H2,1-2H3. The van der Waals surface area contributed by atoms with Gasteiger partial charge >= 0.3 is 0 Å². The van der Waals surface area contributed by atoms with Crippen LogP contribution in [0.25, 0.3) is 22.0 Å². The lowest BCUT2D eigenvalue weighted by atomic mass is 9.91. The number of carbonyl (C=O) groups is 1. The molecule has 0 atom stereocenters. The fraction of sp³-hybridized carbons (Fsp3) is 0.370. The first-order valence-corrected chi connectivity index (χ1v) is 12.5. The van der Waals surface area contributed by atoms with Crippen molar-refractivity contribution in [3.05, 3.63) is 52.9 Å². The highest BCUT2D eigenvalue weighted by atomic mass is 32.1. The molecule has 7 nitrogen and oxygen atoms in total. The summed E-state index contributed by atoms with van der Waals surface area (Å²) in [6, 6.07) is 13.1. The summed E-state index contributed by atoms with van der Waals surface area (Å²) in [6.07, 6.45) is 5.74. The van der Waals surface area contributed by atoms with E-state index in [-0.39, 0.29) is 0 Å². The molecule has 35 heavy (non-hydrogen) atoms. The molecular formula is C27H33N5O2S. The van der Waals surface area contributed by atoms with E-state index in [4.69, 9.17) is 15.7 Å². The molecule has 184 valence electrons. The number of rotatable bonds is 7. The first kappa shape index (κ1) is 26.4. The Kier molecular flexibility index (Phi) is 9.38. The Hall–Kier alpha value is -3.25. The van der Waals surface area contributed by atoms with E-state index in [1.54, 1.807) is 7.11 Å². The predicted molar refractivity (Wildman–Crippen MR) is 144 cm³/mol. The maximum absolute atomic E-state index is 10.9. The number of thiazole rings is 1. The molecule has 1 aromatic heterocycles. The van der Waals surface area contributed by atoms with Gasteiger partial charge in [-0.05, 0) is 57.3 Å². The first-order chi connectivity index (χ1) is 16.9. The molecule has 8 heteroatoms. The molecule has 1 aliphatic carbocycles. The summed E-state index contributed by atoms with van der Waals surface area (Å²) in [4.78, 5) is 17.5. The van der Waals surface area contributed by atoms with Crippen molar-refractivity contribution >= 4 is 34.1 Å². The van der Waals surface area contributed by atoms with E-state index >= 15 is 0 Å². The van der Waals surface area contributed by atoms with Gasteiger partial charge in [0.2, 0.25) is 0 Å². The molecule has 0 unspecified atom stereocenters. The maximum atomic E-state index is 10.9. The largest absolute Gasteiger partial charge is 0.495 e. The zero-order valence-corrected chi connectivity index (χ0v) is 21.4. The van der Waals surface area contributed by atoms with Crippen molar-refractivity contribution in [1.29, 1.82) is 5.26 Å². The van der Waals surface area contributed by atoms with Crippen molar-refractivity contribution in [3.63, 3.8) is 0 Å². The summed E-state index contributed by atoms with van der Waals surface area (Å²) in [6.45, 7) is 4.03. The summed E-state index contributed by atoms with van der Waals surface area (Å²) in [5, 5.41) is 16.4. The second-order valence-corrected chi connectivity index (χ2v) is 9.76. The van der Waals surface area contributed by atoms with Crippen LogP contribution in [-0.4, -0.2) is 56.0 Å². The number of fused-ring (bicyclic) bond motifs is 1. The smallest absolute Gasteiger partial charge is 0.178 e. The van der Waals surface area contributed by atoms with Gasteiger partial charge in [-0.2, -0.15) is 5.26 Å². The average molecular weight is 492 g/mol. The van der Waals surface area contributed by atoms with Crippen LogP contribution in [0.15, 0.2) is 47.9 Å². The van der Waals surface area contributed by atoms with Gasteiger partial charge in [0.05, 0.1) is 24.6 Å². The third-order valence-corrected chi connectivity index (χ3v) is 7.00. The predicted octanol–water partition coefficient (Wildman–Crippen LogP) is 5.09. The summed E-state index contributed by atoms with van der Waals surface area (Å²) in [5.41, 5.74) is 8.67. The molecule has 0 saturated heterocycles. The lowest BCUT2D eigenvalue weighted by molar-refractivity contribution is 0.112. The zero-order chi connectivity index (χ0) is 25.4. The number of hydrogen-bond donors (Lipinski definition) is 2. The van der Waals surface area contributed by atoms with Crippen LogP contribution in [0.4, 0.5) is 5.69 Å². The van der Waals surface area contributed by atoms with Gasteiger partial charge in [-0.1, -0.05) is 24.8 Å². The Morgan fingerprint density at radius 1 is 1.31 bits per heavy atom. The van der Waals surface area contributed by atoms with Crippen molar-refractivity contribution in [3.8, 4) is 23.1 Å². The molecule has 1 fully saturated rings. The number of anilines is 1. The van der Waals surface area contributed by atoms with Gasteiger partial charge in [0.15, 0.2) is 11.3 Å². The van der Waals surface area contributed by atoms with Crippen LogP contribution < -0.4 is 15.8 Å². The van der Waals surface area contributed by atoms with Gasteiger partial charge in [-0.25, -0.2) is 4.98 Å². The highest BCUT2D eigenvalue weighted by molar-refractivity contribution is 7.11. The lowest BCUT2D eigenvalue weighted by Gasteiger charge is -2.30. The van der Waals surface area contributed by atoms with Crippen LogP contribution in [-0.2, 0) is 0 Å². The summed E-state index contributed by atoms with van der Waals surface area (Å²) in [7, 11) is 5.91. The Bertz CT molecular complexity index is 1210. The molecule has 0 aliphatic heterocycles. The number of nitrogens with one attached hydrogen (secondary N) is 1. The molecule has 0 amide bonds. The molecule has 1 saturated carbocycles. The second-order valence-electron chi connectivity index (χ2n) is 8.87. The van der Waals surface area contributed by atoms with E-state index in [9.17, 15) is 4.79 Å². The molecule has 3 aromatic rings. The number of nitrogens with two attached hydrogens (primary N) is 1. The number of aldehydes is 1. The molecule has 0 radical (unpaired) electrons. The van der Waals surface area contributed by atoms with Gasteiger partial charge in [0.1, 0.15) is 5.75 Å². The average Bonchev–Trinajstić information content (AvgIpc) is 3.36. The fourth-order valence-corrected chi connectivity index (χ4v) is 4.77. The lowest BCUT2D eigenvalue weighted by Crippen LogP contribution is -2.36. The second kappa shape index (κ2) is 12.5. The monoisotopic (exact) mass is 491 g/mol. The highest BCUT2D eigenvalue weighted by Crippen LogP contribution is 2.36. The minimum atomic E-state index is 0.336. The van der Waals surface area contributed by atoms with E-state index in [0.717, 1.165) is 40.0 Å². The number of hydrogen-bond acceptors (Lipinski definition) is 8. The number of ether oxygens (including phenoxy) is 1. The number of aromatic nitrogens is 1. The third kappa shape index (κ3) is 6.89. The number of carbonyl (C=O) groups excluding carboxylic acids is 1. The van der Waals surface area contributed by atoms with E-state index in [0.29, 0.717) is 28.9 Å². The van der Waals surface area contributed by atoms with Gasteiger partial charge in [-0.3, -0.25) is 4.79 Å². The van der Waals surface area contributed by atoms with E-state index in [1.165, 1.54) is 37.0 Å². The fourth-order valence-electron chi connectivity index (χ4n) is 4.14. The molecular weight excluding hydrogens is 458 g/mol. The van der Waals surface area contributed by atoms with Crippen LogP contribution in [0.1, 0.15) is 35.5 Å². The van der Waals surface area contributed by atoms with Gasteiger partial charge in [0.25, 0.3) is 0 Å². The van der Waals surface area contributed by atoms with E-state index in [1.807, 2.05) is 41.8 Å². The molecule has 0 spiro atoms. The quantitative estimate of drug-likeness (QED) is 0.350. The SMILES string of the molecule is C=C(C#N)CNc1c(OC)ccc2ccc(-c3csc(C=O)n3)cc12.CN(C)C1CCC(N)CC1. The molecule has 1 aliphatic rings. The summed E-state index contributed by atoms with van der Waals surface area (Å²) >= 11 is 1.31. The maximum Gasteiger partial charge on any atom is 0.178 e. The van der Waals surface area contributed by atoms with Crippen LogP contribution in [0.2, 0.25) is 0 Å². The highest BCUT2D eigenvalue weighted by Gasteiger charge is 2.19. The van der Waals surface area contributed by atoms with Crippen LogP contribution in [0.3, 0.4) is 0 Å². The summed E-state index contributed by atoms with van der Waals surface area (Å²) in [5.74, 6) is 0.683. The number of methoxy groups -OCH3 is 1. The topological polar surface area (TPSA) is 104 Å². The minimum absolute atomic E-state index is 0.336. The molecule has 3 N–H and O–H groups in total. The first-order valence-electron chi connectivity index (χ1n) is 11.6. The summed E-state index contributed by atoms with van der Waals surface area (Å²) < 4.78 is 5.45. The van der Waals surface area contributed by atoms with Crippen LogP contribution in [0, 0.1) is 11.3 Å². The van der Waals surface area contributed by atoms with Crippen LogP contribution >= 0.6 is 11.3 Å². The molecule has 4 rings (SSSR count). The Morgan fingerprint density at radius 2 is 2.03 bits per heavy atom. The molecule has 0 bridgehead atoms. The minimum Gasteiger partial charge on any atom is -0.495 e. The normalized spacial score (nSPS) is 17.3. The van der Waals surface area contributed by atoms with Crippen molar-refractivity contribution in [2.45, 2.75) is 37.8 Å². The van der Waals surface area contributed by atoms with Crippen molar-refractivity contribution in [1.82, 2.24) is 9.88 Å². The van der Waals surface area contributed by atoms with Crippen LogP contribution in [0.5, 0.6) is 5.75 Å². The molecule has 2 aromatic carbocycles. The zero-order valence-electron chi connectivity index (χ0n) is 20.6. The van der Waals surface area contributed by atoms with Gasteiger partial charge < -0.3 is 20.7 Å². The molecule has 1 heterocycles. The number of nitrogens with zero attached hydrogens (tertiary/aromatic N) is 3. The van der Waals surface area contributed by atoms with Crippen molar-refractivity contribution in [2.24, 2.45) is 5.73 Å². The van der Waals surface area contributed by atoms with E-state index in [2.05, 4.69) is 35.9 Å². The van der Waals surface area contributed by atoms with Gasteiger partial charge in [0, 0.05) is 40.5 Å². The number of nitriles is 1. The Labute approximate surface area is 211 Å². The third-order valence-electron chi connectivity index (χ3n) is 6.23. The van der Waals surface area contributed by atoms with Crippen molar-refractivity contribution in [2.75, 3.05) is 33.1 Å². The Morgan fingerprint density at radius 3 is 2.63 bits per heavy atom. The number of benzene rings is 2. The van der Waals surface area contributed by atoms with Crippen molar-refractivity contribution < 1.29 is 9.53 Å².